The Balaban J connectivity index is 3.64. The Hall–Kier alpha value is -0.240. The van der Waals surface area contributed by atoms with Gasteiger partial charge in [-0.1, -0.05) is 0 Å². The van der Waals surface area contributed by atoms with Gasteiger partial charge >= 0.3 is 0 Å². The first kappa shape index (κ1) is 20.8. The molecular formula is C15H34N3O3. The van der Waals surface area contributed by atoms with Crippen LogP contribution in [0.1, 0.15) is 32.6 Å². The molecule has 0 aromatic rings. The molecule has 0 bridgehead atoms. The first-order valence-electron chi connectivity index (χ1n) is 7.73. The summed E-state index contributed by atoms with van der Waals surface area (Å²) < 4.78 is 10.6. The Morgan fingerprint density at radius 2 is 1.71 bits per heavy atom. The molecule has 0 aromatic carbocycles. The Morgan fingerprint density at radius 1 is 1.10 bits per heavy atom. The average molecular weight is 304 g/mol. The number of hydrogen-bond donors (Lipinski definition) is 4. The Bertz CT molecular complexity index is 236. The predicted octanol–water partition coefficient (Wildman–Crippen LogP) is 0.475. The molecular weight excluding hydrogens is 270 g/mol. The summed E-state index contributed by atoms with van der Waals surface area (Å²) in [5.74, 6) is 0. The lowest BCUT2D eigenvalue weighted by Gasteiger charge is -2.33. The van der Waals surface area contributed by atoms with Gasteiger partial charge in [-0.3, -0.25) is 0 Å². The molecule has 6 heteroatoms. The van der Waals surface area contributed by atoms with Crippen molar-refractivity contribution in [3.63, 3.8) is 0 Å². The number of unbranched alkanes of at least 4 members (excludes halogenated alkanes) is 1. The molecule has 0 aliphatic heterocycles. The highest BCUT2D eigenvalue weighted by atomic mass is 16.6. The lowest BCUT2D eigenvalue weighted by molar-refractivity contribution is -0.0682. The highest BCUT2D eigenvalue weighted by Gasteiger charge is 2.23. The van der Waals surface area contributed by atoms with E-state index in [1.165, 1.54) is 0 Å². The highest BCUT2D eigenvalue weighted by Crippen LogP contribution is 2.10. The minimum atomic E-state index is -0.920. The van der Waals surface area contributed by atoms with Crippen molar-refractivity contribution in [2.45, 2.75) is 50.6 Å². The van der Waals surface area contributed by atoms with Gasteiger partial charge < -0.3 is 30.5 Å². The molecule has 21 heavy (non-hydrogen) atoms. The SMILES string of the molecule is [CH2]C(O)OCCCCOCCC(CC(C)(NC)NC)NC. The van der Waals surface area contributed by atoms with E-state index in [-0.39, 0.29) is 5.66 Å². The molecule has 0 saturated heterocycles. The van der Waals surface area contributed by atoms with Gasteiger partial charge in [-0.05, 0) is 53.8 Å². The summed E-state index contributed by atoms with van der Waals surface area (Å²) in [6.45, 7) is 7.48. The molecule has 0 aliphatic rings. The molecule has 0 fully saturated rings. The van der Waals surface area contributed by atoms with E-state index >= 15 is 0 Å². The van der Waals surface area contributed by atoms with Crippen LogP contribution < -0.4 is 16.0 Å². The van der Waals surface area contributed by atoms with E-state index < -0.39 is 6.29 Å². The topological polar surface area (TPSA) is 74.8 Å². The summed E-state index contributed by atoms with van der Waals surface area (Å²) in [5, 5.41) is 18.8. The maximum atomic E-state index is 8.83. The van der Waals surface area contributed by atoms with E-state index in [1.54, 1.807) is 0 Å². The molecule has 0 rings (SSSR count). The monoisotopic (exact) mass is 304 g/mol. The zero-order valence-electron chi connectivity index (χ0n) is 14.1. The summed E-state index contributed by atoms with van der Waals surface area (Å²) in [7, 11) is 5.91. The van der Waals surface area contributed by atoms with Crippen LogP contribution in [-0.2, 0) is 9.47 Å². The molecule has 0 saturated carbocycles. The van der Waals surface area contributed by atoms with E-state index in [9.17, 15) is 0 Å². The fourth-order valence-electron chi connectivity index (χ4n) is 2.02. The third-order valence-corrected chi connectivity index (χ3v) is 3.77. The van der Waals surface area contributed by atoms with E-state index in [1.807, 2.05) is 21.1 Å². The largest absolute Gasteiger partial charge is 0.381 e. The maximum Gasteiger partial charge on any atom is 0.154 e. The normalized spacial score (nSPS) is 15.1. The third-order valence-electron chi connectivity index (χ3n) is 3.77. The Morgan fingerprint density at radius 3 is 2.24 bits per heavy atom. The number of nitrogens with one attached hydrogen (secondary N) is 3. The average Bonchev–Trinajstić information content (AvgIpc) is 2.48. The fraction of sp³-hybridized carbons (Fsp3) is 0.933. The minimum absolute atomic E-state index is 0.0694. The lowest BCUT2D eigenvalue weighted by atomic mass is 10.00. The summed E-state index contributed by atoms with van der Waals surface area (Å²) in [5.41, 5.74) is -0.0694. The Kier molecular flexibility index (Phi) is 12.2. The van der Waals surface area contributed by atoms with Gasteiger partial charge in [0.05, 0.1) is 5.66 Å². The van der Waals surface area contributed by atoms with Crippen LogP contribution in [0.4, 0.5) is 0 Å². The quantitative estimate of drug-likeness (QED) is 0.276. The molecule has 0 aromatic heterocycles. The number of rotatable bonds is 14. The molecule has 127 valence electrons. The minimum Gasteiger partial charge on any atom is -0.381 e. The Labute approximate surface area is 130 Å². The third kappa shape index (κ3) is 11.0. The van der Waals surface area contributed by atoms with Gasteiger partial charge in [0.25, 0.3) is 0 Å². The van der Waals surface area contributed by atoms with Gasteiger partial charge in [0.2, 0.25) is 0 Å². The van der Waals surface area contributed by atoms with Crippen LogP contribution >= 0.6 is 0 Å². The van der Waals surface area contributed by atoms with Gasteiger partial charge in [-0.2, -0.15) is 0 Å². The van der Waals surface area contributed by atoms with Crippen LogP contribution in [0, 0.1) is 6.92 Å². The molecule has 0 aliphatic carbocycles. The number of aliphatic hydroxyl groups is 1. The second-order valence-electron chi connectivity index (χ2n) is 5.46. The van der Waals surface area contributed by atoms with E-state index in [4.69, 9.17) is 14.6 Å². The van der Waals surface area contributed by atoms with Crippen LogP contribution in [-0.4, -0.2) is 64.1 Å². The second-order valence-corrected chi connectivity index (χ2v) is 5.46. The standard InChI is InChI=1S/C15H34N3O3/c1-13(19)21-10-7-6-9-20-11-8-14(16-3)12-15(2,17-4)18-5/h13-14,16-19H,1,6-12H2,2-5H3. The molecule has 0 spiro atoms. The zero-order valence-corrected chi connectivity index (χ0v) is 14.1. The van der Waals surface area contributed by atoms with E-state index in [2.05, 4.69) is 29.8 Å². The van der Waals surface area contributed by atoms with Crippen molar-refractivity contribution in [2.75, 3.05) is 41.0 Å². The first-order chi connectivity index (χ1) is 9.97. The maximum absolute atomic E-state index is 8.83. The molecule has 6 nitrogen and oxygen atoms in total. The molecule has 2 unspecified atom stereocenters. The van der Waals surface area contributed by atoms with E-state index in [0.29, 0.717) is 12.6 Å². The smallest absolute Gasteiger partial charge is 0.154 e. The van der Waals surface area contributed by atoms with Crippen molar-refractivity contribution < 1.29 is 14.6 Å². The van der Waals surface area contributed by atoms with E-state index in [0.717, 1.165) is 38.9 Å². The second kappa shape index (κ2) is 12.3. The van der Waals surface area contributed by atoms with Crippen LogP contribution in [0.25, 0.3) is 0 Å². The number of aliphatic hydroxyl groups excluding tert-OH is 1. The van der Waals surface area contributed by atoms with Crippen molar-refractivity contribution >= 4 is 0 Å². The van der Waals surface area contributed by atoms with Gasteiger partial charge in [0, 0.05) is 32.8 Å². The van der Waals surface area contributed by atoms with Crippen molar-refractivity contribution in [1.82, 2.24) is 16.0 Å². The van der Waals surface area contributed by atoms with Gasteiger partial charge in [0.1, 0.15) is 0 Å². The summed E-state index contributed by atoms with van der Waals surface area (Å²) >= 11 is 0. The fourth-order valence-corrected chi connectivity index (χ4v) is 2.02. The van der Waals surface area contributed by atoms with Crippen molar-refractivity contribution in [3.8, 4) is 0 Å². The van der Waals surface area contributed by atoms with Gasteiger partial charge in [0.15, 0.2) is 6.29 Å². The van der Waals surface area contributed by atoms with Crippen LogP contribution in [0.5, 0.6) is 0 Å². The molecule has 4 N–H and O–H groups in total. The van der Waals surface area contributed by atoms with Crippen molar-refractivity contribution in [2.24, 2.45) is 0 Å². The molecule has 0 heterocycles. The van der Waals surface area contributed by atoms with Crippen LogP contribution in [0.15, 0.2) is 0 Å². The van der Waals surface area contributed by atoms with Crippen LogP contribution in [0.2, 0.25) is 0 Å². The summed E-state index contributed by atoms with van der Waals surface area (Å²) in [6.07, 6.45) is 2.84. The molecule has 2 atom stereocenters. The van der Waals surface area contributed by atoms with Crippen molar-refractivity contribution in [1.29, 1.82) is 0 Å². The number of ether oxygens (including phenoxy) is 2. The summed E-state index contributed by atoms with van der Waals surface area (Å²) in [6, 6.07) is 0.402. The summed E-state index contributed by atoms with van der Waals surface area (Å²) in [4.78, 5) is 0. The van der Waals surface area contributed by atoms with Crippen molar-refractivity contribution in [3.05, 3.63) is 6.92 Å². The van der Waals surface area contributed by atoms with Gasteiger partial charge in [-0.25, -0.2) is 0 Å². The first-order valence-corrected chi connectivity index (χ1v) is 7.73. The lowest BCUT2D eigenvalue weighted by Crippen LogP contribution is -2.54. The number of hydrogen-bond acceptors (Lipinski definition) is 6. The molecule has 1 radical (unpaired) electrons. The predicted molar refractivity (Wildman–Crippen MR) is 86.0 cm³/mol. The molecule has 0 amide bonds. The van der Waals surface area contributed by atoms with Crippen LogP contribution in [0.3, 0.4) is 0 Å². The highest BCUT2D eigenvalue weighted by molar-refractivity contribution is 4.83. The zero-order chi connectivity index (χ0) is 16.1. The van der Waals surface area contributed by atoms with Gasteiger partial charge in [-0.15, -0.1) is 0 Å².